The highest BCUT2D eigenvalue weighted by Gasteiger charge is 2.04. The first-order chi connectivity index (χ1) is 9.63. The van der Waals surface area contributed by atoms with E-state index in [1.54, 1.807) is 18.2 Å². The maximum Gasteiger partial charge on any atom is 0.335 e. The van der Waals surface area contributed by atoms with Gasteiger partial charge in [0.2, 0.25) is 0 Å². The van der Waals surface area contributed by atoms with Crippen LogP contribution in [0.3, 0.4) is 0 Å². The fraction of sp³-hybridized carbons (Fsp3) is 0.467. The smallest absolute Gasteiger partial charge is 0.335 e. The molecule has 0 saturated heterocycles. The molecular weight excluding hydrogens is 256 g/mol. The Hall–Kier alpha value is -2.04. The molecule has 0 fully saturated rings. The van der Waals surface area contributed by atoms with Crippen LogP contribution in [0.15, 0.2) is 24.3 Å². The lowest BCUT2D eigenvalue weighted by atomic mass is 10.1. The number of carboxylic acids is 1. The SMILES string of the molecule is CCCCCNC(=O)NCCc1cccc(C(=O)O)c1. The lowest BCUT2D eigenvalue weighted by Crippen LogP contribution is -2.37. The van der Waals surface area contributed by atoms with Crippen molar-refractivity contribution >= 4 is 12.0 Å². The molecule has 5 nitrogen and oxygen atoms in total. The van der Waals surface area contributed by atoms with Crippen LogP contribution in [0.4, 0.5) is 4.79 Å². The average Bonchev–Trinajstić information content (AvgIpc) is 2.44. The minimum atomic E-state index is -0.937. The van der Waals surface area contributed by atoms with Crippen molar-refractivity contribution in [3.05, 3.63) is 35.4 Å². The first kappa shape index (κ1) is 16.0. The summed E-state index contributed by atoms with van der Waals surface area (Å²) in [6.45, 7) is 3.29. The molecule has 20 heavy (non-hydrogen) atoms. The molecule has 0 bridgehead atoms. The second-order valence-corrected chi connectivity index (χ2v) is 4.65. The van der Waals surface area contributed by atoms with E-state index in [0.29, 0.717) is 19.5 Å². The van der Waals surface area contributed by atoms with E-state index in [9.17, 15) is 9.59 Å². The second kappa shape index (κ2) is 8.96. The van der Waals surface area contributed by atoms with E-state index in [4.69, 9.17) is 5.11 Å². The Morgan fingerprint density at radius 1 is 1.15 bits per heavy atom. The predicted molar refractivity (Wildman–Crippen MR) is 78.0 cm³/mol. The Morgan fingerprint density at radius 3 is 2.60 bits per heavy atom. The van der Waals surface area contributed by atoms with Gasteiger partial charge in [0.25, 0.3) is 0 Å². The van der Waals surface area contributed by atoms with Gasteiger partial charge in [-0.2, -0.15) is 0 Å². The van der Waals surface area contributed by atoms with E-state index >= 15 is 0 Å². The van der Waals surface area contributed by atoms with Gasteiger partial charge in [-0.15, -0.1) is 0 Å². The molecule has 2 amide bonds. The van der Waals surface area contributed by atoms with E-state index in [-0.39, 0.29) is 11.6 Å². The molecule has 3 N–H and O–H groups in total. The minimum Gasteiger partial charge on any atom is -0.478 e. The minimum absolute atomic E-state index is 0.171. The molecule has 0 aliphatic heterocycles. The van der Waals surface area contributed by atoms with Gasteiger partial charge >= 0.3 is 12.0 Å². The van der Waals surface area contributed by atoms with Gasteiger partial charge < -0.3 is 15.7 Å². The van der Waals surface area contributed by atoms with E-state index in [1.165, 1.54) is 0 Å². The number of benzene rings is 1. The van der Waals surface area contributed by atoms with Gasteiger partial charge in [0.1, 0.15) is 0 Å². The Morgan fingerprint density at radius 2 is 1.90 bits per heavy atom. The van der Waals surface area contributed by atoms with E-state index in [1.807, 2.05) is 6.07 Å². The number of amides is 2. The Balaban J connectivity index is 2.25. The Kier molecular flexibility index (Phi) is 7.17. The zero-order valence-electron chi connectivity index (χ0n) is 11.8. The van der Waals surface area contributed by atoms with Crippen molar-refractivity contribution in [2.75, 3.05) is 13.1 Å². The van der Waals surface area contributed by atoms with Crippen molar-refractivity contribution in [2.45, 2.75) is 32.6 Å². The topological polar surface area (TPSA) is 78.4 Å². The van der Waals surface area contributed by atoms with E-state index in [0.717, 1.165) is 24.8 Å². The summed E-state index contributed by atoms with van der Waals surface area (Å²) in [7, 11) is 0. The summed E-state index contributed by atoms with van der Waals surface area (Å²) in [5.41, 5.74) is 1.17. The Labute approximate surface area is 119 Å². The lowest BCUT2D eigenvalue weighted by molar-refractivity contribution is 0.0696. The molecule has 0 radical (unpaired) electrons. The standard InChI is InChI=1S/C15H22N2O3/c1-2-3-4-9-16-15(20)17-10-8-12-6-5-7-13(11-12)14(18)19/h5-7,11H,2-4,8-10H2,1H3,(H,18,19)(H2,16,17,20). The van der Waals surface area contributed by atoms with Crippen molar-refractivity contribution in [2.24, 2.45) is 0 Å². The third-order valence-corrected chi connectivity index (χ3v) is 2.94. The van der Waals surface area contributed by atoms with Gasteiger partial charge in [0, 0.05) is 13.1 Å². The summed E-state index contributed by atoms with van der Waals surface area (Å²) < 4.78 is 0. The summed E-state index contributed by atoms with van der Waals surface area (Å²) >= 11 is 0. The van der Waals surface area contributed by atoms with Gasteiger partial charge in [-0.3, -0.25) is 0 Å². The van der Waals surface area contributed by atoms with Gasteiger partial charge in [-0.05, 0) is 30.5 Å². The van der Waals surface area contributed by atoms with Crippen LogP contribution in [-0.2, 0) is 6.42 Å². The summed E-state index contributed by atoms with van der Waals surface area (Å²) in [4.78, 5) is 22.3. The molecule has 0 atom stereocenters. The molecule has 0 aromatic heterocycles. The van der Waals surface area contributed by atoms with Crippen LogP contribution >= 0.6 is 0 Å². The monoisotopic (exact) mass is 278 g/mol. The van der Waals surface area contributed by atoms with Crippen LogP contribution in [0.5, 0.6) is 0 Å². The molecule has 1 aromatic carbocycles. The highest BCUT2D eigenvalue weighted by molar-refractivity contribution is 5.87. The number of urea groups is 1. The third-order valence-electron chi connectivity index (χ3n) is 2.94. The number of unbranched alkanes of at least 4 members (excludes halogenated alkanes) is 2. The zero-order chi connectivity index (χ0) is 14.8. The van der Waals surface area contributed by atoms with Crippen LogP contribution < -0.4 is 10.6 Å². The summed E-state index contributed by atoms with van der Waals surface area (Å²) in [6, 6.07) is 6.58. The summed E-state index contributed by atoms with van der Waals surface area (Å²) in [5, 5.41) is 14.4. The fourth-order valence-electron chi connectivity index (χ4n) is 1.82. The molecule has 5 heteroatoms. The Bertz CT molecular complexity index is 446. The summed E-state index contributed by atoms with van der Waals surface area (Å²) in [5.74, 6) is -0.937. The summed E-state index contributed by atoms with van der Waals surface area (Å²) in [6.07, 6.45) is 3.85. The highest BCUT2D eigenvalue weighted by atomic mass is 16.4. The van der Waals surface area contributed by atoms with Crippen molar-refractivity contribution < 1.29 is 14.7 Å². The molecular formula is C15H22N2O3. The van der Waals surface area contributed by atoms with Crippen LogP contribution in [0.1, 0.15) is 42.1 Å². The van der Waals surface area contributed by atoms with Crippen molar-refractivity contribution in [1.82, 2.24) is 10.6 Å². The molecule has 0 heterocycles. The van der Waals surface area contributed by atoms with E-state index < -0.39 is 5.97 Å². The molecule has 110 valence electrons. The second-order valence-electron chi connectivity index (χ2n) is 4.65. The van der Waals surface area contributed by atoms with Crippen molar-refractivity contribution in [1.29, 1.82) is 0 Å². The number of aromatic carboxylic acids is 1. The highest BCUT2D eigenvalue weighted by Crippen LogP contribution is 2.05. The van der Waals surface area contributed by atoms with Gasteiger partial charge in [-0.25, -0.2) is 9.59 Å². The maximum absolute atomic E-state index is 11.5. The van der Waals surface area contributed by atoms with Crippen LogP contribution in [0, 0.1) is 0 Å². The molecule has 1 rings (SSSR count). The molecule has 0 aliphatic rings. The van der Waals surface area contributed by atoms with Crippen LogP contribution in [-0.4, -0.2) is 30.2 Å². The number of hydrogen-bond acceptors (Lipinski definition) is 2. The fourth-order valence-corrected chi connectivity index (χ4v) is 1.82. The maximum atomic E-state index is 11.5. The zero-order valence-corrected chi connectivity index (χ0v) is 11.8. The number of carbonyl (C=O) groups excluding carboxylic acids is 1. The van der Waals surface area contributed by atoms with Crippen LogP contribution in [0.2, 0.25) is 0 Å². The molecule has 1 aromatic rings. The van der Waals surface area contributed by atoms with Crippen molar-refractivity contribution in [3.8, 4) is 0 Å². The number of hydrogen-bond donors (Lipinski definition) is 3. The third kappa shape index (κ3) is 6.22. The molecule has 0 saturated carbocycles. The van der Waals surface area contributed by atoms with E-state index in [2.05, 4.69) is 17.6 Å². The number of nitrogens with one attached hydrogen (secondary N) is 2. The largest absolute Gasteiger partial charge is 0.478 e. The lowest BCUT2D eigenvalue weighted by Gasteiger charge is -2.07. The average molecular weight is 278 g/mol. The molecule has 0 aliphatic carbocycles. The van der Waals surface area contributed by atoms with Crippen LogP contribution in [0.25, 0.3) is 0 Å². The predicted octanol–water partition coefficient (Wildman–Crippen LogP) is 2.42. The number of rotatable bonds is 8. The van der Waals surface area contributed by atoms with Crippen molar-refractivity contribution in [3.63, 3.8) is 0 Å². The van der Waals surface area contributed by atoms with Gasteiger partial charge in [0.05, 0.1) is 5.56 Å². The van der Waals surface area contributed by atoms with Gasteiger partial charge in [-0.1, -0.05) is 31.9 Å². The number of carbonyl (C=O) groups is 2. The molecule has 0 unspecified atom stereocenters. The molecule has 0 spiro atoms. The van der Waals surface area contributed by atoms with Gasteiger partial charge in [0.15, 0.2) is 0 Å². The normalized spacial score (nSPS) is 10.1. The first-order valence-corrected chi connectivity index (χ1v) is 6.97. The quantitative estimate of drug-likeness (QED) is 0.639. The first-order valence-electron chi connectivity index (χ1n) is 6.97. The number of carboxylic acid groups (broad SMARTS) is 1.